The van der Waals surface area contributed by atoms with Crippen LogP contribution in [0.5, 0.6) is 0 Å². The standard InChI is InChI=1S/C10H14ClN5O2/c11-8-5-7(9(12)15-14-8)16-3-1-6(2-4-16)18-10(13)17/h5-6H,1-4H2,(H2,12,15)(H2,13,17). The maximum Gasteiger partial charge on any atom is 0.404 e. The van der Waals surface area contributed by atoms with Gasteiger partial charge in [-0.15, -0.1) is 10.2 Å². The van der Waals surface area contributed by atoms with Crippen molar-refractivity contribution in [3.63, 3.8) is 0 Å². The summed E-state index contributed by atoms with van der Waals surface area (Å²) in [5.74, 6) is 0.341. The molecule has 7 nitrogen and oxygen atoms in total. The smallest absolute Gasteiger partial charge is 0.404 e. The second kappa shape index (κ2) is 5.26. The Bertz CT molecular complexity index is 448. The van der Waals surface area contributed by atoms with Gasteiger partial charge in [-0.2, -0.15) is 0 Å². The van der Waals surface area contributed by atoms with Gasteiger partial charge >= 0.3 is 6.09 Å². The van der Waals surface area contributed by atoms with Crippen LogP contribution in [-0.4, -0.2) is 35.5 Å². The van der Waals surface area contributed by atoms with E-state index in [1.54, 1.807) is 6.07 Å². The lowest BCUT2D eigenvalue weighted by atomic mass is 10.1. The molecule has 0 saturated carbocycles. The molecule has 1 aromatic heterocycles. The average Bonchev–Trinajstić information content (AvgIpc) is 2.33. The molecule has 0 atom stereocenters. The fraction of sp³-hybridized carbons (Fsp3) is 0.500. The number of primary amides is 1. The summed E-state index contributed by atoms with van der Waals surface area (Å²) >= 11 is 5.79. The lowest BCUT2D eigenvalue weighted by Gasteiger charge is -2.33. The van der Waals surface area contributed by atoms with Gasteiger partial charge < -0.3 is 21.1 Å². The highest BCUT2D eigenvalue weighted by atomic mass is 35.5. The van der Waals surface area contributed by atoms with Gasteiger partial charge in [0, 0.05) is 32.0 Å². The van der Waals surface area contributed by atoms with Crippen molar-refractivity contribution in [1.29, 1.82) is 0 Å². The Morgan fingerprint density at radius 3 is 2.72 bits per heavy atom. The van der Waals surface area contributed by atoms with E-state index in [-0.39, 0.29) is 6.10 Å². The summed E-state index contributed by atoms with van der Waals surface area (Å²) in [5.41, 5.74) is 11.5. The summed E-state index contributed by atoms with van der Waals surface area (Å²) in [5, 5.41) is 7.74. The quantitative estimate of drug-likeness (QED) is 0.823. The molecule has 0 spiro atoms. The van der Waals surface area contributed by atoms with Gasteiger partial charge in [0.1, 0.15) is 6.10 Å². The molecule has 0 aromatic carbocycles. The van der Waals surface area contributed by atoms with Crippen LogP contribution in [0.15, 0.2) is 6.07 Å². The van der Waals surface area contributed by atoms with Crippen molar-refractivity contribution in [3.8, 4) is 0 Å². The van der Waals surface area contributed by atoms with Crippen LogP contribution in [0.3, 0.4) is 0 Å². The number of hydrogen-bond donors (Lipinski definition) is 2. The van der Waals surface area contributed by atoms with Crippen LogP contribution in [0.4, 0.5) is 16.3 Å². The molecule has 4 N–H and O–H groups in total. The normalized spacial score (nSPS) is 16.6. The van der Waals surface area contributed by atoms with Crippen molar-refractivity contribution in [2.75, 3.05) is 23.7 Å². The highest BCUT2D eigenvalue weighted by Crippen LogP contribution is 2.26. The van der Waals surface area contributed by atoms with E-state index in [0.717, 1.165) is 5.69 Å². The van der Waals surface area contributed by atoms with Gasteiger partial charge in [0.15, 0.2) is 11.0 Å². The second-order valence-corrected chi connectivity index (χ2v) is 4.45. The van der Waals surface area contributed by atoms with Crippen molar-refractivity contribution >= 4 is 29.2 Å². The highest BCUT2D eigenvalue weighted by Gasteiger charge is 2.23. The number of amides is 1. The molecule has 1 aliphatic heterocycles. The Kier molecular flexibility index (Phi) is 3.71. The number of piperidine rings is 1. The Morgan fingerprint density at radius 1 is 1.44 bits per heavy atom. The summed E-state index contributed by atoms with van der Waals surface area (Å²) in [4.78, 5) is 12.7. The number of aromatic nitrogens is 2. The van der Waals surface area contributed by atoms with Crippen LogP contribution in [-0.2, 0) is 4.74 Å². The first-order chi connectivity index (χ1) is 8.56. The third kappa shape index (κ3) is 2.92. The summed E-state index contributed by atoms with van der Waals surface area (Å²) in [6.07, 6.45) is 0.525. The lowest BCUT2D eigenvalue weighted by Crippen LogP contribution is -2.39. The van der Waals surface area contributed by atoms with E-state index in [2.05, 4.69) is 10.2 Å². The summed E-state index contributed by atoms with van der Waals surface area (Å²) < 4.78 is 4.96. The number of carbonyl (C=O) groups is 1. The Labute approximate surface area is 109 Å². The predicted molar refractivity (Wildman–Crippen MR) is 67.4 cm³/mol. The van der Waals surface area contributed by atoms with Crippen LogP contribution < -0.4 is 16.4 Å². The van der Waals surface area contributed by atoms with E-state index >= 15 is 0 Å². The third-order valence-corrected chi connectivity index (χ3v) is 3.02. The fourth-order valence-electron chi connectivity index (χ4n) is 2.00. The van der Waals surface area contributed by atoms with Crippen LogP contribution >= 0.6 is 11.6 Å². The van der Waals surface area contributed by atoms with Gasteiger partial charge in [0.05, 0.1) is 5.69 Å². The summed E-state index contributed by atoms with van der Waals surface area (Å²) in [6, 6.07) is 1.68. The van der Waals surface area contributed by atoms with E-state index in [9.17, 15) is 4.79 Å². The van der Waals surface area contributed by atoms with Crippen LogP contribution in [0.2, 0.25) is 5.15 Å². The largest absolute Gasteiger partial charge is 0.446 e. The predicted octanol–water partition coefficient (Wildman–Crippen LogP) is 0.776. The van der Waals surface area contributed by atoms with Crippen LogP contribution in [0.25, 0.3) is 0 Å². The zero-order valence-corrected chi connectivity index (χ0v) is 10.4. The first-order valence-electron chi connectivity index (χ1n) is 5.56. The molecule has 2 heterocycles. The summed E-state index contributed by atoms with van der Waals surface area (Å²) in [6.45, 7) is 1.40. The number of nitrogens with zero attached hydrogens (tertiary/aromatic N) is 3. The molecule has 1 fully saturated rings. The number of halogens is 1. The lowest BCUT2D eigenvalue weighted by molar-refractivity contribution is 0.0912. The van der Waals surface area contributed by atoms with E-state index in [1.165, 1.54) is 0 Å². The van der Waals surface area contributed by atoms with Crippen molar-refractivity contribution in [2.45, 2.75) is 18.9 Å². The molecule has 0 unspecified atom stereocenters. The minimum Gasteiger partial charge on any atom is -0.446 e. The van der Waals surface area contributed by atoms with Crippen LogP contribution in [0, 0.1) is 0 Å². The molecular weight excluding hydrogens is 258 g/mol. The maximum atomic E-state index is 10.6. The van der Waals surface area contributed by atoms with Crippen molar-refractivity contribution in [1.82, 2.24) is 10.2 Å². The summed E-state index contributed by atoms with van der Waals surface area (Å²) in [7, 11) is 0. The average molecular weight is 272 g/mol. The van der Waals surface area contributed by atoms with Crippen molar-refractivity contribution in [3.05, 3.63) is 11.2 Å². The molecule has 0 aliphatic carbocycles. The first kappa shape index (κ1) is 12.7. The number of hydrogen-bond acceptors (Lipinski definition) is 6. The number of anilines is 2. The molecule has 8 heteroatoms. The van der Waals surface area contributed by atoms with Gasteiger partial charge in [-0.25, -0.2) is 4.79 Å². The molecule has 1 saturated heterocycles. The highest BCUT2D eigenvalue weighted by molar-refractivity contribution is 6.29. The number of rotatable bonds is 2. The first-order valence-corrected chi connectivity index (χ1v) is 5.94. The van der Waals surface area contributed by atoms with Crippen molar-refractivity contribution < 1.29 is 9.53 Å². The third-order valence-electron chi connectivity index (χ3n) is 2.84. The van der Waals surface area contributed by atoms with E-state index < -0.39 is 6.09 Å². The molecule has 98 valence electrons. The minimum absolute atomic E-state index is 0.134. The van der Waals surface area contributed by atoms with E-state index in [4.69, 9.17) is 27.8 Å². The fourth-order valence-corrected chi connectivity index (χ4v) is 2.14. The molecule has 0 radical (unpaired) electrons. The second-order valence-electron chi connectivity index (χ2n) is 4.06. The SMILES string of the molecule is NC(=O)OC1CCN(c2cc(Cl)nnc2N)CC1. The monoisotopic (exact) mass is 271 g/mol. The zero-order valence-electron chi connectivity index (χ0n) is 9.67. The van der Waals surface area contributed by atoms with Gasteiger partial charge in [0.2, 0.25) is 0 Å². The molecule has 2 rings (SSSR count). The molecule has 1 aliphatic rings. The van der Waals surface area contributed by atoms with E-state index in [0.29, 0.717) is 36.9 Å². The molecule has 1 aromatic rings. The van der Waals surface area contributed by atoms with Gasteiger partial charge in [-0.1, -0.05) is 11.6 Å². The Balaban J connectivity index is 2.01. The molecule has 0 bridgehead atoms. The van der Waals surface area contributed by atoms with Gasteiger partial charge in [-0.05, 0) is 0 Å². The van der Waals surface area contributed by atoms with E-state index in [1.807, 2.05) is 4.90 Å². The number of nitrogen functional groups attached to an aromatic ring is 1. The Hall–Kier alpha value is -1.76. The Morgan fingerprint density at radius 2 is 2.11 bits per heavy atom. The molecule has 1 amide bonds. The topological polar surface area (TPSA) is 107 Å². The number of carbonyl (C=O) groups excluding carboxylic acids is 1. The molecule has 18 heavy (non-hydrogen) atoms. The van der Waals surface area contributed by atoms with Gasteiger partial charge in [-0.3, -0.25) is 0 Å². The van der Waals surface area contributed by atoms with Crippen LogP contribution in [0.1, 0.15) is 12.8 Å². The minimum atomic E-state index is -0.735. The van der Waals surface area contributed by atoms with Gasteiger partial charge in [0.25, 0.3) is 0 Å². The zero-order chi connectivity index (χ0) is 13.1. The van der Waals surface area contributed by atoms with Crippen molar-refractivity contribution in [2.24, 2.45) is 5.73 Å². The number of ether oxygens (including phenoxy) is 1. The maximum absolute atomic E-state index is 10.6. The molecular formula is C10H14ClN5O2. The number of nitrogens with two attached hydrogens (primary N) is 2.